The van der Waals surface area contributed by atoms with Crippen LogP contribution in [0.25, 0.3) is 0 Å². The number of piperidine rings is 1. The molecule has 1 aromatic rings. The molecule has 0 unspecified atom stereocenters. The lowest BCUT2D eigenvalue weighted by molar-refractivity contribution is -0.164. The number of benzene rings is 1. The van der Waals surface area contributed by atoms with Gasteiger partial charge in [-0.3, -0.25) is 9.69 Å². The molecule has 2 atom stereocenters. The molecule has 0 radical (unpaired) electrons. The summed E-state index contributed by atoms with van der Waals surface area (Å²) in [6, 6.07) is 10.4. The van der Waals surface area contributed by atoms with Gasteiger partial charge in [0.05, 0.1) is 12.7 Å². The largest absolute Gasteiger partial charge is 0.465 e. The van der Waals surface area contributed by atoms with E-state index in [0.717, 1.165) is 32.5 Å². The number of nitrogens with zero attached hydrogens (tertiary/aromatic N) is 1. The number of ether oxygens (including phenoxy) is 2. The van der Waals surface area contributed by atoms with Gasteiger partial charge in [0.2, 0.25) is 0 Å². The minimum Gasteiger partial charge on any atom is -0.465 e. The van der Waals surface area contributed by atoms with Gasteiger partial charge in [0.1, 0.15) is 5.41 Å². The number of esters is 1. The van der Waals surface area contributed by atoms with Crippen LogP contribution in [-0.2, 0) is 20.8 Å². The molecule has 0 aliphatic carbocycles. The van der Waals surface area contributed by atoms with Crippen LogP contribution in [-0.4, -0.2) is 43.3 Å². The van der Waals surface area contributed by atoms with Crippen molar-refractivity contribution < 1.29 is 14.3 Å². The molecule has 0 spiro atoms. The summed E-state index contributed by atoms with van der Waals surface area (Å²) in [5, 5.41) is 0. The van der Waals surface area contributed by atoms with E-state index in [1.807, 2.05) is 13.0 Å². The Labute approximate surface area is 126 Å². The van der Waals surface area contributed by atoms with Crippen LogP contribution in [0.4, 0.5) is 0 Å². The Balaban J connectivity index is 1.74. The van der Waals surface area contributed by atoms with Crippen molar-refractivity contribution in [2.75, 3.05) is 26.3 Å². The second-order valence-corrected chi connectivity index (χ2v) is 5.97. The van der Waals surface area contributed by atoms with E-state index in [0.29, 0.717) is 13.2 Å². The molecule has 0 bridgehead atoms. The van der Waals surface area contributed by atoms with Crippen molar-refractivity contribution in [2.24, 2.45) is 5.41 Å². The summed E-state index contributed by atoms with van der Waals surface area (Å²) in [6.07, 6.45) is 1.72. The Hall–Kier alpha value is -1.39. The van der Waals surface area contributed by atoms with Gasteiger partial charge in [-0.15, -0.1) is 0 Å². The minimum atomic E-state index is -0.455. The van der Waals surface area contributed by atoms with Crippen LogP contribution in [0.15, 0.2) is 30.3 Å². The lowest BCUT2D eigenvalue weighted by Gasteiger charge is -2.41. The topological polar surface area (TPSA) is 38.8 Å². The zero-order chi connectivity index (χ0) is 14.7. The first-order valence-electron chi connectivity index (χ1n) is 7.80. The molecular formula is C17H23NO3. The van der Waals surface area contributed by atoms with E-state index in [1.54, 1.807) is 0 Å². The molecule has 3 rings (SSSR count). The second kappa shape index (κ2) is 6.16. The number of carbonyl (C=O) groups excluding carboxylic acids is 1. The average molecular weight is 289 g/mol. The van der Waals surface area contributed by atoms with Crippen LogP contribution in [0.1, 0.15) is 25.3 Å². The lowest BCUT2D eigenvalue weighted by Crippen LogP contribution is -2.54. The molecule has 2 fully saturated rings. The quantitative estimate of drug-likeness (QED) is 0.797. The predicted octanol–water partition coefficient (Wildman–Crippen LogP) is 2.23. The fourth-order valence-electron chi connectivity index (χ4n) is 3.57. The number of hydrogen-bond donors (Lipinski definition) is 0. The maximum absolute atomic E-state index is 12.5. The van der Waals surface area contributed by atoms with Crippen molar-refractivity contribution >= 4 is 5.97 Å². The highest BCUT2D eigenvalue weighted by atomic mass is 16.5. The molecule has 0 N–H and O–H groups in total. The summed E-state index contributed by atoms with van der Waals surface area (Å²) < 4.78 is 11.1. The Morgan fingerprint density at radius 1 is 1.43 bits per heavy atom. The predicted molar refractivity (Wildman–Crippen MR) is 79.8 cm³/mol. The Morgan fingerprint density at radius 3 is 3.00 bits per heavy atom. The van der Waals surface area contributed by atoms with E-state index in [-0.39, 0.29) is 12.1 Å². The maximum Gasteiger partial charge on any atom is 0.316 e. The first kappa shape index (κ1) is 14.5. The van der Waals surface area contributed by atoms with E-state index in [1.165, 1.54) is 5.56 Å². The average Bonchev–Trinajstić information content (AvgIpc) is 2.93. The molecule has 2 aliphatic heterocycles. The zero-order valence-corrected chi connectivity index (χ0v) is 12.6. The van der Waals surface area contributed by atoms with Gasteiger partial charge in [-0.1, -0.05) is 30.3 Å². The van der Waals surface area contributed by atoms with Crippen molar-refractivity contribution in [3.05, 3.63) is 35.9 Å². The van der Waals surface area contributed by atoms with Crippen LogP contribution < -0.4 is 0 Å². The van der Waals surface area contributed by atoms with Gasteiger partial charge in [-0.2, -0.15) is 0 Å². The van der Waals surface area contributed by atoms with Crippen LogP contribution in [0.2, 0.25) is 0 Å². The van der Waals surface area contributed by atoms with Gasteiger partial charge >= 0.3 is 5.97 Å². The molecule has 1 aromatic carbocycles. The fourth-order valence-corrected chi connectivity index (χ4v) is 3.57. The first-order chi connectivity index (χ1) is 10.2. The second-order valence-electron chi connectivity index (χ2n) is 5.97. The smallest absolute Gasteiger partial charge is 0.316 e. The first-order valence-corrected chi connectivity index (χ1v) is 7.80. The van der Waals surface area contributed by atoms with Gasteiger partial charge in [0.25, 0.3) is 0 Å². The van der Waals surface area contributed by atoms with Crippen molar-refractivity contribution in [1.29, 1.82) is 0 Å². The SMILES string of the molecule is CCOC(=O)[C@@]12CCO[C@@H]1CCN(Cc1ccccc1)C2. The molecule has 4 heteroatoms. The molecule has 4 nitrogen and oxygen atoms in total. The summed E-state index contributed by atoms with van der Waals surface area (Å²) in [6.45, 7) is 5.57. The standard InChI is InChI=1S/C17H23NO3/c1-2-20-16(19)17-9-11-21-15(17)8-10-18(13-17)12-14-6-4-3-5-7-14/h3-7,15H,2,8-13H2,1H3/t15-,17-/m1/s1. The molecule has 0 saturated carbocycles. The van der Waals surface area contributed by atoms with Crippen LogP contribution in [0, 0.1) is 5.41 Å². The fraction of sp³-hybridized carbons (Fsp3) is 0.588. The molecule has 2 aliphatic rings. The maximum atomic E-state index is 12.5. The summed E-state index contributed by atoms with van der Waals surface area (Å²) in [7, 11) is 0. The third kappa shape index (κ3) is 2.83. The van der Waals surface area contributed by atoms with Gasteiger partial charge in [-0.25, -0.2) is 0 Å². The summed E-state index contributed by atoms with van der Waals surface area (Å²) in [5.41, 5.74) is 0.831. The molecule has 114 valence electrons. The summed E-state index contributed by atoms with van der Waals surface area (Å²) >= 11 is 0. The molecule has 2 saturated heterocycles. The number of fused-ring (bicyclic) bond motifs is 1. The van der Waals surface area contributed by atoms with Crippen LogP contribution >= 0.6 is 0 Å². The van der Waals surface area contributed by atoms with Gasteiger partial charge < -0.3 is 9.47 Å². The van der Waals surface area contributed by atoms with Crippen LogP contribution in [0.3, 0.4) is 0 Å². The molecule has 0 amide bonds. The van der Waals surface area contributed by atoms with Crippen molar-refractivity contribution in [3.63, 3.8) is 0 Å². The van der Waals surface area contributed by atoms with E-state index < -0.39 is 5.41 Å². The molecular weight excluding hydrogens is 266 g/mol. The number of likely N-dealkylation sites (tertiary alicyclic amines) is 1. The Bertz CT molecular complexity index is 490. The highest BCUT2D eigenvalue weighted by Crippen LogP contribution is 2.42. The third-order valence-electron chi connectivity index (χ3n) is 4.63. The summed E-state index contributed by atoms with van der Waals surface area (Å²) in [5.74, 6) is -0.0785. The number of carbonyl (C=O) groups is 1. The Morgan fingerprint density at radius 2 is 2.24 bits per heavy atom. The third-order valence-corrected chi connectivity index (χ3v) is 4.63. The van der Waals surface area contributed by atoms with Gasteiger partial charge in [0.15, 0.2) is 0 Å². The van der Waals surface area contributed by atoms with Crippen LogP contribution in [0.5, 0.6) is 0 Å². The summed E-state index contributed by atoms with van der Waals surface area (Å²) in [4.78, 5) is 14.8. The van der Waals surface area contributed by atoms with E-state index in [2.05, 4.69) is 29.2 Å². The monoisotopic (exact) mass is 289 g/mol. The van der Waals surface area contributed by atoms with Gasteiger partial charge in [-0.05, 0) is 25.3 Å². The van der Waals surface area contributed by atoms with Crippen molar-refractivity contribution in [2.45, 2.75) is 32.4 Å². The Kier molecular flexibility index (Phi) is 4.27. The zero-order valence-electron chi connectivity index (χ0n) is 12.6. The van der Waals surface area contributed by atoms with E-state index in [9.17, 15) is 4.79 Å². The lowest BCUT2D eigenvalue weighted by atomic mass is 9.76. The number of rotatable bonds is 4. The van der Waals surface area contributed by atoms with Crippen molar-refractivity contribution in [3.8, 4) is 0 Å². The van der Waals surface area contributed by atoms with Crippen molar-refractivity contribution in [1.82, 2.24) is 4.90 Å². The normalized spacial score (nSPS) is 29.1. The number of hydrogen-bond acceptors (Lipinski definition) is 4. The molecule has 2 heterocycles. The highest BCUT2D eigenvalue weighted by molar-refractivity contribution is 5.78. The highest BCUT2D eigenvalue weighted by Gasteiger charge is 2.54. The molecule has 0 aromatic heterocycles. The minimum absolute atomic E-state index is 0.0311. The van der Waals surface area contributed by atoms with E-state index in [4.69, 9.17) is 9.47 Å². The van der Waals surface area contributed by atoms with Gasteiger partial charge in [0, 0.05) is 26.2 Å². The molecule has 21 heavy (non-hydrogen) atoms. The van der Waals surface area contributed by atoms with E-state index >= 15 is 0 Å².